The van der Waals surface area contributed by atoms with E-state index in [0.29, 0.717) is 43.1 Å². The van der Waals surface area contributed by atoms with Crippen LogP contribution in [0.5, 0.6) is 0 Å². The van der Waals surface area contributed by atoms with E-state index in [-0.39, 0.29) is 24.5 Å². The van der Waals surface area contributed by atoms with Crippen LogP contribution in [0.15, 0.2) is 47.0 Å². The Morgan fingerprint density at radius 2 is 2.00 bits per heavy atom. The Bertz CT molecular complexity index is 1100. The van der Waals surface area contributed by atoms with Crippen molar-refractivity contribution in [2.45, 2.75) is 46.1 Å². The molecule has 200 valence electrons. The first-order chi connectivity index (χ1) is 17.6. The van der Waals surface area contributed by atoms with Crippen LogP contribution in [-0.2, 0) is 9.53 Å². The van der Waals surface area contributed by atoms with E-state index in [9.17, 15) is 14.4 Å². The zero-order chi connectivity index (χ0) is 27.1. The zero-order valence-electron chi connectivity index (χ0n) is 22.7. The second kappa shape index (κ2) is 12.7. The molecule has 0 spiro atoms. The molecule has 3 amide bonds. The van der Waals surface area contributed by atoms with Gasteiger partial charge in [-0.15, -0.1) is 0 Å². The molecule has 2 aliphatic rings. The van der Waals surface area contributed by atoms with Crippen LogP contribution in [0.25, 0.3) is 0 Å². The van der Waals surface area contributed by atoms with Crippen molar-refractivity contribution in [2.24, 2.45) is 4.99 Å². The average Bonchev–Trinajstić information content (AvgIpc) is 3.41. The van der Waals surface area contributed by atoms with E-state index in [0.717, 1.165) is 30.5 Å². The van der Waals surface area contributed by atoms with Crippen molar-refractivity contribution in [3.05, 3.63) is 47.6 Å². The monoisotopic (exact) mass is 509 g/mol. The maximum atomic E-state index is 13.4. The van der Waals surface area contributed by atoms with Crippen molar-refractivity contribution in [1.82, 2.24) is 9.80 Å². The lowest BCUT2D eigenvalue weighted by Crippen LogP contribution is -2.34. The predicted molar refractivity (Wildman–Crippen MR) is 147 cm³/mol. The molecule has 0 radical (unpaired) electrons. The summed E-state index contributed by atoms with van der Waals surface area (Å²) in [7, 11) is 3.76. The molecule has 1 atom stereocenters. The molecule has 2 aliphatic heterocycles. The Kier molecular flexibility index (Phi) is 9.63. The van der Waals surface area contributed by atoms with Gasteiger partial charge in [-0.2, -0.15) is 0 Å². The normalized spacial score (nSPS) is 18.3. The Hall–Kier alpha value is -3.46. The van der Waals surface area contributed by atoms with Gasteiger partial charge in [-0.3, -0.25) is 24.4 Å². The highest BCUT2D eigenvalue weighted by Gasteiger charge is 2.33. The fraction of sp³-hybridized carbons (Fsp3) is 0.500. The lowest BCUT2D eigenvalue weighted by atomic mass is 10.1. The summed E-state index contributed by atoms with van der Waals surface area (Å²) in [5.41, 5.74) is 3.64. The summed E-state index contributed by atoms with van der Waals surface area (Å²) < 4.78 is 5.14. The van der Waals surface area contributed by atoms with E-state index in [1.165, 1.54) is 4.90 Å². The summed E-state index contributed by atoms with van der Waals surface area (Å²) in [6, 6.07) is 5.35. The number of aliphatic imine (C=N–C) groups is 1. The standard InChI is InChI=1S/C28H39N5O4/c1-20(2)16-21(3)18-29-19-30(5)12-7-13-31(6)27(35)24-10-9-23(33-22(4)8-11-26(33)34)17-25(24)32-14-15-37-28(32)36/h9-10,16-18,22H,1,7-8,11-15,19H2,2-6H3/b21-16-,29-18?. The summed E-state index contributed by atoms with van der Waals surface area (Å²) in [6.45, 7) is 12.3. The minimum atomic E-state index is -0.481. The van der Waals surface area contributed by atoms with Gasteiger partial charge in [-0.05, 0) is 64.4 Å². The molecule has 2 fully saturated rings. The lowest BCUT2D eigenvalue weighted by molar-refractivity contribution is -0.117. The lowest BCUT2D eigenvalue weighted by Gasteiger charge is -2.26. The Labute approximate surface area is 220 Å². The molecule has 0 aliphatic carbocycles. The molecular formula is C28H39N5O4. The number of carbonyl (C=O) groups is 3. The number of anilines is 2. The van der Waals surface area contributed by atoms with Gasteiger partial charge in [0.15, 0.2) is 0 Å². The SMILES string of the molecule is C=C(C)/C=C(/C)C=NCN(C)CCCN(C)C(=O)c1ccc(N2C(=O)CCC2C)cc1N1CCOC1=O. The summed E-state index contributed by atoms with van der Waals surface area (Å²) in [6.07, 6.45) is 5.39. The Morgan fingerprint density at radius 3 is 2.62 bits per heavy atom. The zero-order valence-corrected chi connectivity index (χ0v) is 22.7. The third-order valence-corrected chi connectivity index (χ3v) is 6.50. The van der Waals surface area contributed by atoms with Gasteiger partial charge >= 0.3 is 6.09 Å². The number of hydrogen-bond donors (Lipinski definition) is 0. The second-order valence-corrected chi connectivity index (χ2v) is 9.97. The van der Waals surface area contributed by atoms with Gasteiger partial charge < -0.3 is 14.5 Å². The molecule has 0 N–H and O–H groups in total. The fourth-order valence-corrected chi connectivity index (χ4v) is 4.62. The average molecular weight is 510 g/mol. The molecule has 0 bridgehead atoms. The maximum absolute atomic E-state index is 13.4. The van der Waals surface area contributed by atoms with Gasteiger partial charge in [-0.25, -0.2) is 4.79 Å². The topological polar surface area (TPSA) is 85.8 Å². The Morgan fingerprint density at radius 1 is 1.24 bits per heavy atom. The molecule has 3 rings (SSSR count). The maximum Gasteiger partial charge on any atom is 0.414 e. The van der Waals surface area contributed by atoms with E-state index in [2.05, 4.69) is 16.5 Å². The number of benzene rings is 1. The number of cyclic esters (lactones) is 1. The van der Waals surface area contributed by atoms with Crippen molar-refractivity contribution < 1.29 is 19.1 Å². The van der Waals surface area contributed by atoms with E-state index >= 15 is 0 Å². The second-order valence-electron chi connectivity index (χ2n) is 9.97. The van der Waals surface area contributed by atoms with E-state index in [1.807, 2.05) is 40.1 Å². The first-order valence-corrected chi connectivity index (χ1v) is 12.8. The van der Waals surface area contributed by atoms with Crippen LogP contribution in [0, 0.1) is 0 Å². The van der Waals surface area contributed by atoms with Crippen molar-refractivity contribution in [3.63, 3.8) is 0 Å². The van der Waals surface area contributed by atoms with Crippen LogP contribution in [0.2, 0.25) is 0 Å². The first-order valence-electron chi connectivity index (χ1n) is 12.8. The van der Waals surface area contributed by atoms with Crippen LogP contribution in [0.1, 0.15) is 50.4 Å². The number of amides is 3. The minimum Gasteiger partial charge on any atom is -0.447 e. The largest absolute Gasteiger partial charge is 0.447 e. The highest BCUT2D eigenvalue weighted by Crippen LogP contribution is 2.33. The molecule has 1 unspecified atom stereocenters. The number of carbonyl (C=O) groups excluding carboxylic acids is 3. The van der Waals surface area contributed by atoms with Crippen molar-refractivity contribution in [2.75, 3.05) is 56.8 Å². The van der Waals surface area contributed by atoms with E-state index in [4.69, 9.17) is 4.74 Å². The summed E-state index contributed by atoms with van der Waals surface area (Å²) in [5, 5.41) is 0. The molecule has 9 nitrogen and oxygen atoms in total. The smallest absolute Gasteiger partial charge is 0.414 e. The number of rotatable bonds is 11. The molecule has 37 heavy (non-hydrogen) atoms. The quantitative estimate of drug-likeness (QED) is 0.331. The molecular weight excluding hydrogens is 470 g/mol. The first kappa shape index (κ1) is 28.1. The van der Waals surface area contributed by atoms with Crippen LogP contribution in [0.3, 0.4) is 0 Å². The number of allylic oxidation sites excluding steroid dienone is 3. The molecule has 9 heteroatoms. The van der Waals surface area contributed by atoms with Crippen molar-refractivity contribution >= 4 is 35.5 Å². The van der Waals surface area contributed by atoms with Crippen LogP contribution in [0.4, 0.5) is 16.2 Å². The van der Waals surface area contributed by atoms with E-state index < -0.39 is 6.09 Å². The molecule has 2 saturated heterocycles. The third kappa shape index (κ3) is 7.29. The van der Waals surface area contributed by atoms with Crippen LogP contribution < -0.4 is 9.80 Å². The number of ether oxygens (including phenoxy) is 1. The van der Waals surface area contributed by atoms with Gasteiger partial charge in [-0.1, -0.05) is 18.2 Å². The molecule has 0 saturated carbocycles. The summed E-state index contributed by atoms with van der Waals surface area (Å²) in [4.78, 5) is 49.7. The van der Waals surface area contributed by atoms with Crippen LogP contribution in [-0.4, -0.2) is 87.0 Å². The predicted octanol–water partition coefficient (Wildman–Crippen LogP) is 4.10. The van der Waals surface area contributed by atoms with Crippen molar-refractivity contribution in [3.8, 4) is 0 Å². The Balaban J connectivity index is 1.66. The van der Waals surface area contributed by atoms with Gasteiger partial charge in [0.2, 0.25) is 5.91 Å². The highest BCUT2D eigenvalue weighted by atomic mass is 16.6. The fourth-order valence-electron chi connectivity index (χ4n) is 4.62. The third-order valence-electron chi connectivity index (χ3n) is 6.50. The number of hydrogen-bond acceptors (Lipinski definition) is 6. The molecule has 0 aromatic heterocycles. The van der Waals surface area contributed by atoms with Gasteiger partial charge in [0.05, 0.1) is 24.5 Å². The summed E-state index contributed by atoms with van der Waals surface area (Å²) in [5.74, 6) is -0.127. The molecule has 2 heterocycles. The van der Waals surface area contributed by atoms with Gasteiger partial charge in [0, 0.05) is 44.5 Å². The summed E-state index contributed by atoms with van der Waals surface area (Å²) >= 11 is 0. The van der Waals surface area contributed by atoms with E-state index in [1.54, 1.807) is 35.0 Å². The number of nitrogens with zero attached hydrogens (tertiary/aromatic N) is 5. The van der Waals surface area contributed by atoms with Gasteiger partial charge in [0.1, 0.15) is 6.61 Å². The molecule has 1 aromatic carbocycles. The highest BCUT2D eigenvalue weighted by molar-refractivity contribution is 6.06. The van der Waals surface area contributed by atoms with Crippen molar-refractivity contribution in [1.29, 1.82) is 0 Å². The van der Waals surface area contributed by atoms with Gasteiger partial charge in [0.25, 0.3) is 5.91 Å². The molecule has 1 aromatic rings. The van der Waals surface area contributed by atoms with Crippen LogP contribution >= 0.6 is 0 Å². The minimum absolute atomic E-state index is 0.0501.